The highest BCUT2D eigenvalue weighted by Gasteiger charge is 2.41. The fourth-order valence-electron chi connectivity index (χ4n) is 4.48. The molecule has 26 heavy (non-hydrogen) atoms. The van der Waals surface area contributed by atoms with Crippen molar-refractivity contribution < 1.29 is 14.3 Å². The molecule has 4 heterocycles. The average molecular weight is 357 g/mol. The molecule has 3 fully saturated rings. The molecule has 2 amide bonds. The van der Waals surface area contributed by atoms with Crippen molar-refractivity contribution in [2.45, 2.75) is 31.7 Å². The second-order valence-electron chi connectivity index (χ2n) is 7.56. The van der Waals surface area contributed by atoms with Crippen LogP contribution in [0, 0.1) is 5.92 Å². The van der Waals surface area contributed by atoms with E-state index in [0.717, 1.165) is 43.5 Å². The number of methoxy groups -OCH3 is 1. The summed E-state index contributed by atoms with van der Waals surface area (Å²) in [6.45, 7) is 3.31. The molecule has 4 aliphatic rings. The Kier molecular flexibility index (Phi) is 4.85. The summed E-state index contributed by atoms with van der Waals surface area (Å²) in [4.78, 5) is 29.7. The van der Waals surface area contributed by atoms with E-state index >= 15 is 0 Å². The fourth-order valence-corrected chi connectivity index (χ4v) is 4.48. The number of amides is 2. The van der Waals surface area contributed by atoms with Gasteiger partial charge in [-0.3, -0.25) is 9.59 Å². The number of hydrogen-bond acceptors (Lipinski definition) is 4. The van der Waals surface area contributed by atoms with Crippen LogP contribution in [0.5, 0.6) is 0 Å². The third-order valence-electron chi connectivity index (χ3n) is 5.91. The van der Waals surface area contributed by atoms with E-state index in [0.29, 0.717) is 26.2 Å². The summed E-state index contributed by atoms with van der Waals surface area (Å²) in [7, 11) is 1.65. The summed E-state index contributed by atoms with van der Waals surface area (Å²) in [5.74, 6) is 0.161. The predicted octanol–water partition coefficient (Wildman–Crippen LogP) is 1.75. The third-order valence-corrected chi connectivity index (χ3v) is 5.91. The number of nitrogens with zero attached hydrogens (tertiary/aromatic N) is 2. The summed E-state index contributed by atoms with van der Waals surface area (Å²) >= 11 is 0. The maximum absolute atomic E-state index is 13.1. The van der Waals surface area contributed by atoms with Gasteiger partial charge in [-0.05, 0) is 49.4 Å². The largest absolute Gasteiger partial charge is 0.385 e. The highest BCUT2D eigenvalue weighted by molar-refractivity contribution is 5.95. The molecule has 0 aliphatic carbocycles. The number of rotatable bonds is 4. The first kappa shape index (κ1) is 17.3. The van der Waals surface area contributed by atoms with Gasteiger partial charge in [-0.1, -0.05) is 0 Å². The first-order chi connectivity index (χ1) is 12.7. The topological polar surface area (TPSA) is 61.9 Å². The van der Waals surface area contributed by atoms with Gasteiger partial charge >= 0.3 is 0 Å². The van der Waals surface area contributed by atoms with Gasteiger partial charge in [0.05, 0.1) is 12.5 Å². The first-order valence-electron chi connectivity index (χ1n) is 9.63. The standard InChI is InChI=1S/C20H27N3O3/c1-26-10-9-23-17-6-4-16(20(23)25)12-22(13-17)19(24)15-5-7-18-14(11-15)3-2-8-21-18/h5,7,11,16-17,21H,2-4,6,8-10,12-13H2,1H3/t16-,17+/m0/s1. The molecule has 2 bridgehead atoms. The fraction of sp³-hybridized carbons (Fsp3) is 0.600. The van der Waals surface area contributed by atoms with Gasteiger partial charge in [0.1, 0.15) is 0 Å². The van der Waals surface area contributed by atoms with Gasteiger partial charge in [0.15, 0.2) is 0 Å². The van der Waals surface area contributed by atoms with Crippen LogP contribution in [0.2, 0.25) is 0 Å². The normalized spacial score (nSPS) is 24.9. The van der Waals surface area contributed by atoms with Crippen molar-refractivity contribution in [1.29, 1.82) is 0 Å². The lowest BCUT2D eigenvalue weighted by Gasteiger charge is -2.35. The third kappa shape index (κ3) is 3.18. The molecule has 3 saturated heterocycles. The Bertz CT molecular complexity index is 706. The zero-order valence-corrected chi connectivity index (χ0v) is 15.4. The smallest absolute Gasteiger partial charge is 0.253 e. The van der Waals surface area contributed by atoms with Crippen molar-refractivity contribution >= 4 is 17.5 Å². The maximum atomic E-state index is 13.1. The molecule has 0 saturated carbocycles. The number of aryl methyl sites for hydroxylation is 1. The Balaban J connectivity index is 1.53. The zero-order valence-electron chi connectivity index (χ0n) is 15.4. The predicted molar refractivity (Wildman–Crippen MR) is 99.3 cm³/mol. The quantitative estimate of drug-likeness (QED) is 0.892. The lowest BCUT2D eigenvalue weighted by molar-refractivity contribution is -0.140. The highest BCUT2D eigenvalue weighted by Crippen LogP contribution is 2.30. The zero-order chi connectivity index (χ0) is 18.1. The van der Waals surface area contributed by atoms with Gasteiger partial charge in [-0.2, -0.15) is 0 Å². The van der Waals surface area contributed by atoms with Gasteiger partial charge in [0.25, 0.3) is 5.91 Å². The van der Waals surface area contributed by atoms with E-state index in [1.165, 1.54) is 5.56 Å². The van der Waals surface area contributed by atoms with E-state index in [1.54, 1.807) is 7.11 Å². The molecular formula is C20H27N3O3. The lowest BCUT2D eigenvalue weighted by atomic mass is 9.94. The van der Waals surface area contributed by atoms with E-state index < -0.39 is 0 Å². The summed E-state index contributed by atoms with van der Waals surface area (Å²) < 4.78 is 5.16. The molecule has 0 unspecified atom stereocenters. The molecule has 1 aromatic rings. The van der Waals surface area contributed by atoms with Crippen molar-refractivity contribution in [2.75, 3.05) is 45.2 Å². The van der Waals surface area contributed by atoms with Crippen molar-refractivity contribution in [2.24, 2.45) is 5.92 Å². The van der Waals surface area contributed by atoms with Crippen LogP contribution < -0.4 is 5.32 Å². The average Bonchev–Trinajstić information content (AvgIpc) is 2.97. The van der Waals surface area contributed by atoms with Gasteiger partial charge in [0.2, 0.25) is 5.91 Å². The number of hydrogen-bond donors (Lipinski definition) is 1. The second-order valence-corrected chi connectivity index (χ2v) is 7.56. The van der Waals surface area contributed by atoms with E-state index in [2.05, 4.69) is 5.32 Å². The molecule has 0 radical (unpaired) electrons. The Labute approximate surface area is 154 Å². The summed E-state index contributed by atoms with van der Waals surface area (Å²) in [5.41, 5.74) is 3.10. The number of piperidine rings is 1. The molecule has 2 atom stereocenters. The van der Waals surface area contributed by atoms with Crippen LogP contribution in [0.15, 0.2) is 18.2 Å². The van der Waals surface area contributed by atoms with Crippen molar-refractivity contribution in [3.8, 4) is 0 Å². The summed E-state index contributed by atoms with van der Waals surface area (Å²) in [6, 6.07) is 6.07. The number of anilines is 1. The van der Waals surface area contributed by atoms with Crippen LogP contribution in [-0.4, -0.2) is 67.6 Å². The molecule has 4 aliphatic heterocycles. The van der Waals surface area contributed by atoms with Crippen LogP contribution >= 0.6 is 0 Å². The second kappa shape index (κ2) is 7.27. The minimum absolute atomic E-state index is 0.0525. The van der Waals surface area contributed by atoms with E-state index in [9.17, 15) is 9.59 Å². The SMILES string of the molecule is COCCN1C(=O)[C@H]2CC[C@@H]1CN(C(=O)c1ccc3c(c1)CCCN3)C2. The Morgan fingerprint density at radius 1 is 1.31 bits per heavy atom. The van der Waals surface area contributed by atoms with E-state index in [-0.39, 0.29) is 23.8 Å². The van der Waals surface area contributed by atoms with Crippen LogP contribution in [0.25, 0.3) is 0 Å². The Morgan fingerprint density at radius 2 is 2.19 bits per heavy atom. The first-order valence-corrected chi connectivity index (χ1v) is 9.63. The highest BCUT2D eigenvalue weighted by atomic mass is 16.5. The molecule has 1 N–H and O–H groups in total. The van der Waals surface area contributed by atoms with Crippen molar-refractivity contribution in [3.05, 3.63) is 29.3 Å². The molecule has 6 nitrogen and oxygen atoms in total. The number of fused-ring (bicyclic) bond motifs is 5. The minimum Gasteiger partial charge on any atom is -0.385 e. The summed E-state index contributed by atoms with van der Waals surface area (Å²) in [6.07, 6.45) is 3.96. The number of benzene rings is 1. The molecule has 0 spiro atoms. The van der Waals surface area contributed by atoms with Crippen LogP contribution in [-0.2, 0) is 16.0 Å². The van der Waals surface area contributed by atoms with Crippen molar-refractivity contribution in [3.63, 3.8) is 0 Å². The monoisotopic (exact) mass is 357 g/mol. The van der Waals surface area contributed by atoms with Gasteiger partial charge in [0, 0.05) is 50.6 Å². The number of ether oxygens (including phenoxy) is 1. The number of carbonyl (C=O) groups is 2. The van der Waals surface area contributed by atoms with Crippen LogP contribution in [0.3, 0.4) is 0 Å². The van der Waals surface area contributed by atoms with Crippen LogP contribution in [0.4, 0.5) is 5.69 Å². The maximum Gasteiger partial charge on any atom is 0.253 e. The molecule has 5 rings (SSSR count). The number of carbonyl (C=O) groups excluding carboxylic acids is 2. The minimum atomic E-state index is -0.0751. The van der Waals surface area contributed by atoms with E-state index in [1.807, 2.05) is 28.0 Å². The van der Waals surface area contributed by atoms with Gasteiger partial charge in [-0.15, -0.1) is 0 Å². The Hall–Kier alpha value is -2.08. The Morgan fingerprint density at radius 3 is 3.04 bits per heavy atom. The van der Waals surface area contributed by atoms with Gasteiger partial charge < -0.3 is 19.9 Å². The summed E-state index contributed by atoms with van der Waals surface area (Å²) in [5, 5.41) is 3.39. The van der Waals surface area contributed by atoms with Crippen LogP contribution in [0.1, 0.15) is 35.2 Å². The number of nitrogens with one attached hydrogen (secondary N) is 1. The molecule has 140 valence electrons. The molecule has 6 heteroatoms. The molecular weight excluding hydrogens is 330 g/mol. The van der Waals surface area contributed by atoms with E-state index in [4.69, 9.17) is 4.74 Å². The van der Waals surface area contributed by atoms with Gasteiger partial charge in [-0.25, -0.2) is 0 Å². The lowest BCUT2D eigenvalue weighted by Crippen LogP contribution is -2.49. The molecule has 0 aromatic heterocycles. The van der Waals surface area contributed by atoms with Crippen molar-refractivity contribution in [1.82, 2.24) is 9.80 Å². The molecule has 1 aromatic carbocycles.